The number of methoxy groups -OCH3 is 2. The van der Waals surface area contributed by atoms with Crippen LogP contribution in [-0.4, -0.2) is 62.9 Å². The van der Waals surface area contributed by atoms with Gasteiger partial charge in [-0.2, -0.15) is 0 Å². The number of piperazine rings is 1. The molecule has 1 heterocycles. The summed E-state index contributed by atoms with van der Waals surface area (Å²) >= 11 is 0. The smallest absolute Gasteiger partial charge is 0.290 e. The molecule has 0 radical (unpaired) electrons. The van der Waals surface area contributed by atoms with Crippen molar-refractivity contribution in [3.8, 4) is 11.5 Å². The number of halogens is 3. The minimum atomic E-state index is -3.26. The third kappa shape index (κ3) is 4.44. The molecule has 0 saturated carbocycles. The van der Waals surface area contributed by atoms with Crippen LogP contribution < -0.4 is 14.8 Å². The Morgan fingerprint density at radius 2 is 1.91 bits per heavy atom. The second-order valence-electron chi connectivity index (χ2n) is 5.22. The number of aliphatic hydroxyl groups excluding tert-OH is 1. The van der Waals surface area contributed by atoms with Crippen molar-refractivity contribution in [3.05, 3.63) is 23.8 Å². The number of hydrogen-bond acceptors (Lipinski definition) is 5. The number of aliphatic hydroxyl groups is 1. The van der Waals surface area contributed by atoms with Crippen molar-refractivity contribution in [1.29, 1.82) is 0 Å². The fourth-order valence-corrected chi connectivity index (χ4v) is 2.76. The number of alkyl halides is 2. The lowest BCUT2D eigenvalue weighted by molar-refractivity contribution is -0.119. The molecule has 0 aliphatic carbocycles. The Bertz CT molecular complexity index is 500. The Balaban J connectivity index is 0.00000264. The van der Waals surface area contributed by atoms with Crippen LogP contribution in [0.4, 0.5) is 8.78 Å². The molecule has 1 fully saturated rings. The maximum atomic E-state index is 14.4. The van der Waals surface area contributed by atoms with Crippen LogP contribution in [0.1, 0.15) is 11.6 Å². The molecule has 1 atom stereocenters. The van der Waals surface area contributed by atoms with Gasteiger partial charge in [-0.3, -0.25) is 4.90 Å². The van der Waals surface area contributed by atoms with E-state index in [1.165, 1.54) is 14.2 Å². The van der Waals surface area contributed by atoms with Gasteiger partial charge in [0.2, 0.25) is 0 Å². The van der Waals surface area contributed by atoms with Crippen LogP contribution in [-0.2, 0) is 0 Å². The van der Waals surface area contributed by atoms with Crippen molar-refractivity contribution >= 4 is 12.4 Å². The largest absolute Gasteiger partial charge is 0.497 e. The predicted molar refractivity (Wildman–Crippen MR) is 86.0 cm³/mol. The van der Waals surface area contributed by atoms with E-state index in [0.717, 1.165) is 0 Å². The highest BCUT2D eigenvalue weighted by Gasteiger charge is 2.45. The fourth-order valence-electron chi connectivity index (χ4n) is 2.76. The third-order valence-corrected chi connectivity index (χ3v) is 3.86. The summed E-state index contributed by atoms with van der Waals surface area (Å²) in [7, 11) is 2.94. The zero-order valence-electron chi connectivity index (χ0n) is 13.2. The van der Waals surface area contributed by atoms with Crippen molar-refractivity contribution in [3.63, 3.8) is 0 Å². The van der Waals surface area contributed by atoms with Gasteiger partial charge < -0.3 is 19.9 Å². The summed E-state index contributed by atoms with van der Waals surface area (Å²) in [6.07, 6.45) is 0. The van der Waals surface area contributed by atoms with Crippen LogP contribution in [0, 0.1) is 0 Å². The van der Waals surface area contributed by atoms with Gasteiger partial charge in [0.1, 0.15) is 24.1 Å². The predicted octanol–water partition coefficient (Wildman–Crippen LogP) is 1.70. The minimum Gasteiger partial charge on any atom is -0.497 e. The number of rotatable bonds is 6. The van der Waals surface area contributed by atoms with Crippen molar-refractivity contribution < 1.29 is 23.4 Å². The molecule has 0 bridgehead atoms. The maximum absolute atomic E-state index is 14.4. The van der Waals surface area contributed by atoms with E-state index in [4.69, 9.17) is 14.6 Å². The van der Waals surface area contributed by atoms with E-state index in [2.05, 4.69) is 5.32 Å². The van der Waals surface area contributed by atoms with Crippen molar-refractivity contribution in [2.45, 2.75) is 12.0 Å². The van der Waals surface area contributed by atoms with Crippen LogP contribution in [0.15, 0.2) is 18.2 Å². The summed E-state index contributed by atoms with van der Waals surface area (Å²) in [5, 5.41) is 12.3. The average Bonchev–Trinajstić information content (AvgIpc) is 2.56. The summed E-state index contributed by atoms with van der Waals surface area (Å²) in [5.74, 6) is -2.40. The maximum Gasteiger partial charge on any atom is 0.290 e. The SMILES string of the molecule is COc1ccc([C@@H](N2CCNCC2)C(F)(F)CO)c(OC)c1.Cl. The molecular weight excluding hydrogens is 330 g/mol. The highest BCUT2D eigenvalue weighted by molar-refractivity contribution is 5.85. The van der Waals surface area contributed by atoms with Gasteiger partial charge in [-0.1, -0.05) is 0 Å². The first-order valence-electron chi connectivity index (χ1n) is 7.19. The number of hydrogen-bond donors (Lipinski definition) is 2. The van der Waals surface area contributed by atoms with E-state index < -0.39 is 18.6 Å². The highest BCUT2D eigenvalue weighted by atomic mass is 35.5. The zero-order valence-corrected chi connectivity index (χ0v) is 14.0. The Morgan fingerprint density at radius 1 is 1.26 bits per heavy atom. The summed E-state index contributed by atoms with van der Waals surface area (Å²) in [6, 6.07) is 3.55. The minimum absolute atomic E-state index is 0. The Hall–Kier alpha value is -1.15. The topological polar surface area (TPSA) is 54.0 Å². The van der Waals surface area contributed by atoms with Gasteiger partial charge in [0.15, 0.2) is 0 Å². The summed E-state index contributed by atoms with van der Waals surface area (Å²) in [4.78, 5) is 1.68. The Labute approximate surface area is 141 Å². The van der Waals surface area contributed by atoms with Crippen molar-refractivity contribution in [2.75, 3.05) is 47.0 Å². The highest BCUT2D eigenvalue weighted by Crippen LogP contribution is 2.41. The molecule has 0 aromatic heterocycles. The first-order chi connectivity index (χ1) is 10.5. The molecule has 0 spiro atoms. The monoisotopic (exact) mass is 352 g/mol. The summed E-state index contributed by atoms with van der Waals surface area (Å²) in [6.45, 7) is 1.02. The average molecular weight is 353 g/mol. The van der Waals surface area contributed by atoms with Gasteiger partial charge in [-0.15, -0.1) is 12.4 Å². The molecule has 132 valence electrons. The van der Waals surface area contributed by atoms with Gasteiger partial charge >= 0.3 is 0 Å². The van der Waals surface area contributed by atoms with E-state index in [0.29, 0.717) is 43.2 Å². The van der Waals surface area contributed by atoms with Crippen LogP contribution in [0.3, 0.4) is 0 Å². The van der Waals surface area contributed by atoms with Crippen LogP contribution >= 0.6 is 12.4 Å². The number of ether oxygens (including phenoxy) is 2. The lowest BCUT2D eigenvalue weighted by atomic mass is 9.97. The molecule has 8 heteroatoms. The number of nitrogens with zero attached hydrogens (tertiary/aromatic N) is 1. The standard InChI is InChI=1S/C15H22F2N2O3.ClH/c1-21-11-3-4-12(13(9-11)22-2)14(15(16,17)10-20)19-7-5-18-6-8-19;/h3-4,9,14,18,20H,5-8,10H2,1-2H3;1H/t14-;/m1./s1. The lowest BCUT2D eigenvalue weighted by Crippen LogP contribution is -2.51. The summed E-state index contributed by atoms with van der Waals surface area (Å²) in [5.41, 5.74) is 0.351. The number of benzene rings is 1. The molecule has 23 heavy (non-hydrogen) atoms. The molecule has 0 amide bonds. The molecule has 0 unspecified atom stereocenters. The van der Waals surface area contributed by atoms with Gasteiger partial charge in [0.25, 0.3) is 5.92 Å². The normalized spacial score (nSPS) is 17.3. The second-order valence-corrected chi connectivity index (χ2v) is 5.22. The van der Waals surface area contributed by atoms with Crippen LogP contribution in [0.2, 0.25) is 0 Å². The molecule has 1 aromatic carbocycles. The van der Waals surface area contributed by atoms with Crippen molar-refractivity contribution in [2.24, 2.45) is 0 Å². The molecule has 1 aliphatic heterocycles. The van der Waals surface area contributed by atoms with Gasteiger partial charge in [-0.25, -0.2) is 8.78 Å². The molecule has 5 nitrogen and oxygen atoms in total. The first-order valence-corrected chi connectivity index (χ1v) is 7.19. The van der Waals surface area contributed by atoms with E-state index in [1.807, 2.05) is 0 Å². The van der Waals surface area contributed by atoms with E-state index >= 15 is 0 Å². The molecule has 2 N–H and O–H groups in total. The van der Waals surface area contributed by atoms with Gasteiger partial charge in [-0.05, 0) is 12.1 Å². The molecule has 1 aromatic rings. The Morgan fingerprint density at radius 3 is 2.43 bits per heavy atom. The van der Waals surface area contributed by atoms with Crippen LogP contribution in [0.5, 0.6) is 11.5 Å². The molecule has 1 saturated heterocycles. The number of nitrogens with one attached hydrogen (secondary N) is 1. The second kappa shape index (κ2) is 8.63. The van der Waals surface area contributed by atoms with Gasteiger partial charge in [0, 0.05) is 37.8 Å². The molecule has 1 aliphatic rings. The molecule has 2 rings (SSSR count). The summed E-state index contributed by atoms with van der Waals surface area (Å²) < 4.78 is 39.1. The zero-order chi connectivity index (χ0) is 16.2. The van der Waals surface area contributed by atoms with E-state index in [1.54, 1.807) is 23.1 Å². The first kappa shape index (κ1) is 19.9. The van der Waals surface area contributed by atoms with E-state index in [9.17, 15) is 8.78 Å². The van der Waals surface area contributed by atoms with Crippen molar-refractivity contribution in [1.82, 2.24) is 10.2 Å². The lowest BCUT2D eigenvalue weighted by Gasteiger charge is -2.39. The Kier molecular flexibility index (Phi) is 7.47. The quantitative estimate of drug-likeness (QED) is 0.816. The fraction of sp³-hybridized carbons (Fsp3) is 0.600. The van der Waals surface area contributed by atoms with Gasteiger partial charge in [0.05, 0.1) is 14.2 Å². The molecular formula is C15H23ClF2N2O3. The third-order valence-electron chi connectivity index (χ3n) is 3.86. The van der Waals surface area contributed by atoms with E-state index in [-0.39, 0.29) is 12.4 Å². The van der Waals surface area contributed by atoms with Crippen LogP contribution in [0.25, 0.3) is 0 Å².